The summed E-state index contributed by atoms with van der Waals surface area (Å²) >= 11 is 0. The third kappa shape index (κ3) is 2.70. The van der Waals surface area contributed by atoms with Gasteiger partial charge in [0.2, 0.25) is 0 Å². The van der Waals surface area contributed by atoms with Crippen molar-refractivity contribution in [2.75, 3.05) is 12.4 Å². The van der Waals surface area contributed by atoms with Crippen LogP contribution in [0.2, 0.25) is 0 Å². The van der Waals surface area contributed by atoms with E-state index in [-0.39, 0.29) is 0 Å². The fourth-order valence-electron chi connectivity index (χ4n) is 3.17. The number of fused-ring (bicyclic) bond motifs is 3. The lowest BCUT2D eigenvalue weighted by atomic mass is 10.1. The van der Waals surface area contributed by atoms with Gasteiger partial charge in [0.05, 0.1) is 23.7 Å². The maximum atomic E-state index is 5.27. The highest BCUT2D eigenvalue weighted by atomic mass is 16.5. The van der Waals surface area contributed by atoms with E-state index in [0.29, 0.717) is 6.04 Å². The van der Waals surface area contributed by atoms with Crippen LogP contribution in [-0.4, -0.2) is 22.9 Å². The van der Waals surface area contributed by atoms with E-state index in [1.54, 1.807) is 7.11 Å². The lowest BCUT2D eigenvalue weighted by Gasteiger charge is -2.14. The maximum Gasteiger partial charge on any atom is 0.138 e. The number of rotatable bonds is 4. The van der Waals surface area contributed by atoms with Gasteiger partial charge >= 0.3 is 0 Å². The Morgan fingerprint density at radius 1 is 0.960 bits per heavy atom. The van der Waals surface area contributed by atoms with Crippen molar-refractivity contribution in [3.05, 3.63) is 60.7 Å². The maximum absolute atomic E-state index is 5.27. The average Bonchev–Trinajstić information content (AvgIpc) is 3.00. The fraction of sp³-hybridized carbons (Fsp3) is 0.190. The molecule has 0 amide bonds. The van der Waals surface area contributed by atoms with E-state index >= 15 is 0 Å². The number of hydrogen-bond acceptors (Lipinski definition) is 3. The highest BCUT2D eigenvalue weighted by Gasteiger charge is 2.16. The van der Waals surface area contributed by atoms with Gasteiger partial charge in [-0.25, -0.2) is 4.68 Å². The highest BCUT2D eigenvalue weighted by Crippen LogP contribution is 2.33. The van der Waals surface area contributed by atoms with E-state index in [9.17, 15) is 0 Å². The average molecular weight is 331 g/mol. The Labute approximate surface area is 147 Å². The first kappa shape index (κ1) is 15.5. The third-order valence-electron chi connectivity index (χ3n) is 4.31. The van der Waals surface area contributed by atoms with Crippen molar-refractivity contribution < 1.29 is 4.74 Å². The summed E-state index contributed by atoms with van der Waals surface area (Å²) in [5.74, 6) is 1.86. The lowest BCUT2D eigenvalue weighted by molar-refractivity contribution is 0.414. The number of methoxy groups -OCH3 is 1. The minimum atomic E-state index is 0.302. The van der Waals surface area contributed by atoms with Crippen LogP contribution in [0.25, 0.3) is 27.4 Å². The van der Waals surface area contributed by atoms with Crippen molar-refractivity contribution in [1.29, 1.82) is 0 Å². The number of hydrogen-bond donors (Lipinski definition) is 1. The van der Waals surface area contributed by atoms with Gasteiger partial charge in [0.1, 0.15) is 11.6 Å². The molecule has 126 valence electrons. The lowest BCUT2D eigenvalue weighted by Crippen LogP contribution is -2.14. The zero-order chi connectivity index (χ0) is 17.4. The first-order valence-corrected chi connectivity index (χ1v) is 8.49. The molecule has 4 nitrogen and oxygen atoms in total. The van der Waals surface area contributed by atoms with Crippen LogP contribution in [0.3, 0.4) is 0 Å². The molecule has 0 saturated carbocycles. The SMILES string of the molecule is COc1ccc(-n2nc3ccc4ccccc4c3c2NC(C)C)cc1. The molecule has 4 rings (SSSR count). The molecule has 25 heavy (non-hydrogen) atoms. The Bertz CT molecular complexity index is 1030. The van der Waals surface area contributed by atoms with E-state index in [0.717, 1.165) is 28.2 Å². The highest BCUT2D eigenvalue weighted by molar-refractivity contribution is 6.12. The molecule has 4 heteroatoms. The molecule has 0 bridgehead atoms. The second kappa shape index (κ2) is 6.13. The molecule has 0 saturated heterocycles. The minimum absolute atomic E-state index is 0.302. The molecule has 4 aromatic rings. The van der Waals surface area contributed by atoms with Crippen LogP contribution in [0.4, 0.5) is 5.82 Å². The Balaban J connectivity index is 2.01. The zero-order valence-electron chi connectivity index (χ0n) is 14.7. The van der Waals surface area contributed by atoms with E-state index in [4.69, 9.17) is 9.84 Å². The summed E-state index contributed by atoms with van der Waals surface area (Å²) in [5.41, 5.74) is 1.99. The Morgan fingerprint density at radius 2 is 1.72 bits per heavy atom. The summed E-state index contributed by atoms with van der Waals surface area (Å²) in [4.78, 5) is 0. The molecule has 0 unspecified atom stereocenters. The van der Waals surface area contributed by atoms with Crippen molar-refractivity contribution in [2.45, 2.75) is 19.9 Å². The van der Waals surface area contributed by atoms with Gasteiger partial charge in [-0.1, -0.05) is 30.3 Å². The molecule has 0 spiro atoms. The van der Waals surface area contributed by atoms with Crippen LogP contribution >= 0.6 is 0 Å². The van der Waals surface area contributed by atoms with Crippen molar-refractivity contribution in [1.82, 2.24) is 9.78 Å². The van der Waals surface area contributed by atoms with Gasteiger partial charge in [-0.05, 0) is 55.0 Å². The molecular weight excluding hydrogens is 310 g/mol. The number of nitrogens with zero attached hydrogens (tertiary/aromatic N) is 2. The van der Waals surface area contributed by atoms with Crippen LogP contribution in [-0.2, 0) is 0 Å². The smallest absolute Gasteiger partial charge is 0.138 e. The molecule has 3 aromatic carbocycles. The quantitative estimate of drug-likeness (QED) is 0.571. The van der Waals surface area contributed by atoms with E-state index in [1.807, 2.05) is 28.9 Å². The third-order valence-corrected chi connectivity index (χ3v) is 4.31. The molecular formula is C21H21N3O. The van der Waals surface area contributed by atoms with Crippen molar-refractivity contribution in [3.63, 3.8) is 0 Å². The molecule has 0 aliphatic heterocycles. The standard InChI is InChI=1S/C21H21N3O/c1-14(2)22-21-20-18-7-5-4-6-15(18)8-13-19(20)23-24(21)16-9-11-17(25-3)12-10-16/h4-14,22H,1-3H3. The second-order valence-corrected chi connectivity index (χ2v) is 6.44. The predicted molar refractivity (Wildman–Crippen MR) is 104 cm³/mol. The molecule has 0 fully saturated rings. The van der Waals surface area contributed by atoms with Gasteiger partial charge < -0.3 is 10.1 Å². The fourth-order valence-corrected chi connectivity index (χ4v) is 3.17. The largest absolute Gasteiger partial charge is 0.497 e. The molecule has 0 aliphatic rings. The van der Waals surface area contributed by atoms with Gasteiger partial charge in [0, 0.05) is 6.04 Å². The molecule has 0 radical (unpaired) electrons. The predicted octanol–water partition coefficient (Wildman–Crippen LogP) is 5.01. The molecule has 1 heterocycles. The molecule has 0 aliphatic carbocycles. The van der Waals surface area contributed by atoms with E-state index in [1.165, 1.54) is 10.8 Å². The summed E-state index contributed by atoms with van der Waals surface area (Å²) in [6, 6.07) is 20.9. The number of ether oxygens (including phenoxy) is 1. The molecule has 1 N–H and O–H groups in total. The van der Waals surface area contributed by atoms with Gasteiger partial charge in [-0.2, -0.15) is 5.10 Å². The summed E-state index contributed by atoms with van der Waals surface area (Å²) < 4.78 is 7.25. The van der Waals surface area contributed by atoms with Crippen molar-refractivity contribution in [3.8, 4) is 11.4 Å². The Morgan fingerprint density at radius 3 is 2.44 bits per heavy atom. The number of benzene rings is 3. The summed E-state index contributed by atoms with van der Waals surface area (Å²) in [6.07, 6.45) is 0. The molecule has 1 aromatic heterocycles. The number of aromatic nitrogens is 2. The number of nitrogens with one attached hydrogen (secondary N) is 1. The topological polar surface area (TPSA) is 39.1 Å². The van der Waals surface area contributed by atoms with E-state index < -0.39 is 0 Å². The van der Waals surface area contributed by atoms with E-state index in [2.05, 4.69) is 55.6 Å². The van der Waals surface area contributed by atoms with Crippen molar-refractivity contribution in [2.24, 2.45) is 0 Å². The van der Waals surface area contributed by atoms with Crippen LogP contribution in [0.5, 0.6) is 5.75 Å². The summed E-state index contributed by atoms with van der Waals surface area (Å²) in [7, 11) is 1.68. The second-order valence-electron chi connectivity index (χ2n) is 6.44. The Kier molecular flexibility index (Phi) is 3.80. The first-order chi connectivity index (χ1) is 12.2. The summed E-state index contributed by atoms with van der Waals surface area (Å²) in [5, 5.41) is 12.0. The minimum Gasteiger partial charge on any atom is -0.497 e. The normalized spacial score (nSPS) is 11.4. The summed E-state index contributed by atoms with van der Waals surface area (Å²) in [6.45, 7) is 4.28. The van der Waals surface area contributed by atoms with Gasteiger partial charge in [0.25, 0.3) is 0 Å². The molecule has 0 atom stereocenters. The van der Waals surface area contributed by atoms with Gasteiger partial charge in [-0.15, -0.1) is 0 Å². The first-order valence-electron chi connectivity index (χ1n) is 8.49. The zero-order valence-corrected chi connectivity index (χ0v) is 14.7. The van der Waals surface area contributed by atoms with Crippen LogP contribution in [0, 0.1) is 0 Å². The van der Waals surface area contributed by atoms with Crippen molar-refractivity contribution >= 4 is 27.5 Å². The monoisotopic (exact) mass is 331 g/mol. The van der Waals surface area contributed by atoms with Gasteiger partial charge in [-0.3, -0.25) is 0 Å². The van der Waals surface area contributed by atoms with Crippen LogP contribution in [0.15, 0.2) is 60.7 Å². The van der Waals surface area contributed by atoms with Crippen LogP contribution < -0.4 is 10.1 Å². The van der Waals surface area contributed by atoms with Gasteiger partial charge in [0.15, 0.2) is 0 Å². The van der Waals surface area contributed by atoms with Crippen LogP contribution in [0.1, 0.15) is 13.8 Å². The Hall–Kier alpha value is -3.01. The number of anilines is 1.